The SMILES string of the molecule is Nc1nc(N)nc(Cn2nc(-c3ccccc3)cc(C(F)(F)F)c2=O)n1. The summed E-state index contributed by atoms with van der Waals surface area (Å²) in [4.78, 5) is 23.3. The van der Waals surface area contributed by atoms with Crippen molar-refractivity contribution in [2.45, 2.75) is 12.7 Å². The van der Waals surface area contributed by atoms with Crippen molar-refractivity contribution in [3.63, 3.8) is 0 Å². The molecule has 2 heterocycles. The molecule has 0 radical (unpaired) electrons. The van der Waals surface area contributed by atoms with Gasteiger partial charge < -0.3 is 11.5 Å². The van der Waals surface area contributed by atoms with E-state index in [9.17, 15) is 18.0 Å². The minimum atomic E-state index is -4.84. The molecule has 0 fully saturated rings. The smallest absolute Gasteiger partial charge is 0.368 e. The molecule has 4 N–H and O–H groups in total. The lowest BCUT2D eigenvalue weighted by molar-refractivity contribution is -0.139. The predicted molar refractivity (Wildman–Crippen MR) is 86.7 cm³/mol. The first-order valence-corrected chi connectivity index (χ1v) is 7.25. The van der Waals surface area contributed by atoms with E-state index in [1.54, 1.807) is 30.3 Å². The van der Waals surface area contributed by atoms with Crippen molar-refractivity contribution in [3.8, 4) is 11.3 Å². The van der Waals surface area contributed by atoms with Crippen LogP contribution >= 0.6 is 0 Å². The van der Waals surface area contributed by atoms with E-state index in [-0.39, 0.29) is 23.4 Å². The maximum absolute atomic E-state index is 13.3. The lowest BCUT2D eigenvalue weighted by Crippen LogP contribution is -2.32. The molecule has 0 bridgehead atoms. The van der Waals surface area contributed by atoms with Crippen LogP contribution in [0.15, 0.2) is 41.2 Å². The van der Waals surface area contributed by atoms with Gasteiger partial charge in [-0.1, -0.05) is 30.3 Å². The van der Waals surface area contributed by atoms with Crippen LogP contribution in [0.5, 0.6) is 0 Å². The van der Waals surface area contributed by atoms with E-state index >= 15 is 0 Å². The quantitative estimate of drug-likeness (QED) is 0.719. The van der Waals surface area contributed by atoms with Gasteiger partial charge in [-0.05, 0) is 6.07 Å². The van der Waals surface area contributed by atoms with E-state index in [2.05, 4.69) is 20.1 Å². The number of anilines is 2. The van der Waals surface area contributed by atoms with E-state index in [0.29, 0.717) is 16.3 Å². The molecular formula is C15H12F3N7O. The fourth-order valence-electron chi connectivity index (χ4n) is 2.26. The largest absolute Gasteiger partial charge is 0.421 e. The van der Waals surface area contributed by atoms with Crippen LogP contribution in [0.4, 0.5) is 25.1 Å². The van der Waals surface area contributed by atoms with Crippen LogP contribution in [-0.4, -0.2) is 24.7 Å². The highest BCUT2D eigenvalue weighted by Crippen LogP contribution is 2.28. The zero-order chi connectivity index (χ0) is 18.9. The highest BCUT2D eigenvalue weighted by atomic mass is 19.4. The summed E-state index contributed by atoms with van der Waals surface area (Å²) in [5.74, 6) is -0.505. The number of halogens is 3. The second-order valence-corrected chi connectivity index (χ2v) is 5.24. The fourth-order valence-corrected chi connectivity index (χ4v) is 2.26. The summed E-state index contributed by atoms with van der Waals surface area (Å²) in [6.45, 7) is -0.445. The third-order valence-electron chi connectivity index (χ3n) is 3.36. The molecule has 0 amide bonds. The van der Waals surface area contributed by atoms with Crippen LogP contribution in [0.2, 0.25) is 0 Å². The van der Waals surface area contributed by atoms with Gasteiger partial charge in [-0.3, -0.25) is 4.79 Å². The van der Waals surface area contributed by atoms with Crippen molar-refractivity contribution in [1.82, 2.24) is 24.7 Å². The highest BCUT2D eigenvalue weighted by Gasteiger charge is 2.35. The number of hydrogen-bond acceptors (Lipinski definition) is 7. The van der Waals surface area contributed by atoms with Crippen LogP contribution in [0, 0.1) is 0 Å². The third kappa shape index (κ3) is 3.61. The minimum absolute atomic E-state index is 0.0208. The molecule has 0 saturated heterocycles. The lowest BCUT2D eigenvalue weighted by Gasteiger charge is -2.12. The lowest BCUT2D eigenvalue weighted by atomic mass is 10.1. The van der Waals surface area contributed by atoms with Crippen molar-refractivity contribution in [2.24, 2.45) is 0 Å². The Morgan fingerprint density at radius 1 is 1.00 bits per heavy atom. The maximum atomic E-state index is 13.3. The van der Waals surface area contributed by atoms with Crippen LogP contribution < -0.4 is 17.0 Å². The summed E-state index contributed by atoms with van der Waals surface area (Å²) in [7, 11) is 0. The molecule has 0 atom stereocenters. The predicted octanol–water partition coefficient (Wildman–Crippen LogP) is 1.33. The monoisotopic (exact) mass is 363 g/mol. The van der Waals surface area contributed by atoms with E-state index in [4.69, 9.17) is 11.5 Å². The van der Waals surface area contributed by atoms with Crippen LogP contribution in [-0.2, 0) is 12.7 Å². The first-order valence-electron chi connectivity index (χ1n) is 7.25. The van der Waals surface area contributed by atoms with E-state index in [1.807, 2.05) is 0 Å². The molecule has 0 spiro atoms. The van der Waals surface area contributed by atoms with Gasteiger partial charge in [-0.25, -0.2) is 4.68 Å². The normalized spacial score (nSPS) is 11.5. The van der Waals surface area contributed by atoms with Crippen molar-refractivity contribution in [3.05, 3.63) is 58.1 Å². The molecule has 0 aliphatic carbocycles. The van der Waals surface area contributed by atoms with Crippen molar-refractivity contribution in [1.29, 1.82) is 0 Å². The second kappa shape index (κ2) is 6.43. The summed E-state index contributed by atoms with van der Waals surface area (Å²) in [6, 6.07) is 8.87. The number of benzene rings is 1. The zero-order valence-electron chi connectivity index (χ0n) is 13.1. The number of nitrogens with zero attached hydrogens (tertiary/aromatic N) is 5. The third-order valence-corrected chi connectivity index (χ3v) is 3.36. The topological polar surface area (TPSA) is 126 Å². The molecule has 1 aromatic carbocycles. The Kier molecular flexibility index (Phi) is 4.28. The summed E-state index contributed by atoms with van der Waals surface area (Å²) >= 11 is 0. The van der Waals surface area contributed by atoms with E-state index in [1.165, 1.54) is 0 Å². The van der Waals surface area contributed by atoms with Gasteiger partial charge in [0.2, 0.25) is 11.9 Å². The van der Waals surface area contributed by atoms with E-state index < -0.39 is 23.8 Å². The average molecular weight is 363 g/mol. The number of aromatic nitrogens is 5. The molecule has 2 aromatic heterocycles. The standard InChI is InChI=1S/C15H12F3N7O/c16-15(17,18)9-6-10(8-4-2-1-3-5-8)24-25(12(9)26)7-11-21-13(19)23-14(20)22-11/h1-6H,7H2,(H4,19,20,21,22,23). The summed E-state index contributed by atoms with van der Waals surface area (Å²) in [5, 5.41) is 3.99. The molecule has 0 aliphatic heterocycles. The van der Waals surface area contributed by atoms with Gasteiger partial charge in [0.15, 0.2) is 5.82 Å². The maximum Gasteiger partial charge on any atom is 0.421 e. The Morgan fingerprint density at radius 3 is 2.19 bits per heavy atom. The number of nitrogens with two attached hydrogens (primary N) is 2. The zero-order valence-corrected chi connectivity index (χ0v) is 13.1. The van der Waals surface area contributed by atoms with Gasteiger partial charge in [-0.15, -0.1) is 0 Å². The minimum Gasteiger partial charge on any atom is -0.368 e. The Balaban J connectivity index is 2.16. The Morgan fingerprint density at radius 2 is 1.62 bits per heavy atom. The molecule has 3 rings (SSSR count). The van der Waals surface area contributed by atoms with Gasteiger partial charge >= 0.3 is 6.18 Å². The molecule has 26 heavy (non-hydrogen) atoms. The Hall–Kier alpha value is -3.50. The molecule has 0 saturated carbocycles. The first-order chi connectivity index (χ1) is 12.2. The van der Waals surface area contributed by atoms with Gasteiger partial charge in [-0.2, -0.15) is 33.2 Å². The number of nitrogen functional groups attached to an aromatic ring is 2. The number of hydrogen-bond donors (Lipinski definition) is 2. The van der Waals surface area contributed by atoms with Crippen LogP contribution in [0.3, 0.4) is 0 Å². The summed E-state index contributed by atoms with van der Waals surface area (Å²) in [5.41, 5.74) is 8.61. The van der Waals surface area contributed by atoms with Gasteiger partial charge in [0.1, 0.15) is 12.1 Å². The molecule has 3 aromatic rings. The summed E-state index contributed by atoms with van der Waals surface area (Å²) in [6.07, 6.45) is -4.84. The van der Waals surface area contributed by atoms with Gasteiger partial charge in [0.05, 0.1) is 5.69 Å². The Bertz CT molecular complexity index is 982. The van der Waals surface area contributed by atoms with Crippen molar-refractivity contribution in [2.75, 3.05) is 11.5 Å². The second-order valence-electron chi connectivity index (χ2n) is 5.24. The first kappa shape index (κ1) is 17.3. The van der Waals surface area contributed by atoms with Crippen LogP contribution in [0.25, 0.3) is 11.3 Å². The average Bonchev–Trinajstić information content (AvgIpc) is 2.55. The fraction of sp³-hybridized carbons (Fsp3) is 0.133. The molecular weight excluding hydrogens is 351 g/mol. The molecule has 11 heteroatoms. The van der Waals surface area contributed by atoms with Gasteiger partial charge in [0, 0.05) is 5.56 Å². The Labute approximate surface area is 144 Å². The van der Waals surface area contributed by atoms with Gasteiger partial charge in [0.25, 0.3) is 5.56 Å². The molecule has 8 nitrogen and oxygen atoms in total. The molecule has 0 unspecified atom stereocenters. The van der Waals surface area contributed by atoms with E-state index in [0.717, 1.165) is 0 Å². The van der Waals surface area contributed by atoms with Crippen molar-refractivity contribution >= 4 is 11.9 Å². The van der Waals surface area contributed by atoms with Crippen LogP contribution in [0.1, 0.15) is 11.4 Å². The van der Waals surface area contributed by atoms with Crippen molar-refractivity contribution < 1.29 is 13.2 Å². The molecule has 0 aliphatic rings. The number of rotatable bonds is 3. The molecule has 134 valence electrons. The summed E-state index contributed by atoms with van der Waals surface area (Å²) < 4.78 is 40.4. The highest BCUT2D eigenvalue weighted by molar-refractivity contribution is 5.59. The number of alkyl halides is 3.